The Morgan fingerprint density at radius 1 is 1.00 bits per heavy atom. The van der Waals surface area contributed by atoms with Crippen molar-refractivity contribution < 1.29 is 4.79 Å². The predicted molar refractivity (Wildman–Crippen MR) is 129 cm³/mol. The molecule has 5 nitrogen and oxygen atoms in total. The van der Waals surface area contributed by atoms with Gasteiger partial charge >= 0.3 is 0 Å². The Morgan fingerprint density at radius 3 is 2.42 bits per heavy atom. The molecule has 2 aliphatic rings. The van der Waals surface area contributed by atoms with E-state index >= 15 is 0 Å². The molecule has 2 saturated heterocycles. The molecule has 7 heteroatoms. The number of rotatable bonds is 6. The first-order valence-electron chi connectivity index (χ1n) is 10.7. The van der Waals surface area contributed by atoms with Gasteiger partial charge in [-0.1, -0.05) is 36.4 Å². The lowest BCUT2D eigenvalue weighted by Crippen LogP contribution is -2.39. The van der Waals surface area contributed by atoms with Crippen molar-refractivity contribution in [2.75, 3.05) is 0 Å². The maximum absolute atomic E-state index is 12.4. The average molecular weight is 461 g/mol. The molecular formula is C24H30Cl2N4O. The Balaban J connectivity index is 0.00000136. The van der Waals surface area contributed by atoms with Gasteiger partial charge in [0.15, 0.2) is 0 Å². The molecule has 2 aromatic carbocycles. The summed E-state index contributed by atoms with van der Waals surface area (Å²) in [5.41, 5.74) is 4.54. The van der Waals surface area contributed by atoms with Gasteiger partial charge in [0.1, 0.15) is 0 Å². The summed E-state index contributed by atoms with van der Waals surface area (Å²) in [7, 11) is 0. The number of amides is 1. The molecule has 3 heterocycles. The topological polar surface area (TPSA) is 59.0 Å². The first-order chi connectivity index (χ1) is 14.2. The van der Waals surface area contributed by atoms with Gasteiger partial charge < -0.3 is 15.2 Å². The highest BCUT2D eigenvalue weighted by atomic mass is 35.5. The number of nitrogens with zero attached hydrogens (tertiary/aromatic N) is 2. The van der Waals surface area contributed by atoms with E-state index in [-0.39, 0.29) is 30.7 Å². The number of carbonyl (C=O) groups excluding carboxylic acids is 1. The fourth-order valence-electron chi connectivity index (χ4n) is 4.97. The van der Waals surface area contributed by atoms with Crippen LogP contribution >= 0.6 is 24.8 Å². The third-order valence-electron chi connectivity index (χ3n) is 6.44. The van der Waals surface area contributed by atoms with Crippen molar-refractivity contribution in [1.82, 2.24) is 20.2 Å². The highest BCUT2D eigenvalue weighted by Gasteiger charge is 2.34. The van der Waals surface area contributed by atoms with E-state index in [2.05, 4.69) is 50.5 Å². The fourth-order valence-corrected chi connectivity index (χ4v) is 4.97. The number of halogens is 2. The van der Waals surface area contributed by atoms with Crippen molar-refractivity contribution in [3.05, 3.63) is 66.0 Å². The normalized spacial score (nSPS) is 21.9. The summed E-state index contributed by atoms with van der Waals surface area (Å²) in [6, 6.07) is 18.0. The SMILES string of the molecule is Cl.Cl.O=C(CC1CC2CCC(C1)N2)NCc1ccc(Cn2cnc3ccccc32)cc1. The van der Waals surface area contributed by atoms with Crippen LogP contribution in [-0.2, 0) is 17.9 Å². The molecule has 2 bridgehead atoms. The lowest BCUT2D eigenvalue weighted by atomic mass is 9.89. The summed E-state index contributed by atoms with van der Waals surface area (Å²) in [4.78, 5) is 16.8. The van der Waals surface area contributed by atoms with E-state index in [9.17, 15) is 4.79 Å². The molecule has 0 spiro atoms. The van der Waals surface area contributed by atoms with Crippen LogP contribution in [0.2, 0.25) is 0 Å². The monoisotopic (exact) mass is 460 g/mol. The third-order valence-corrected chi connectivity index (χ3v) is 6.44. The molecule has 31 heavy (non-hydrogen) atoms. The fraction of sp³-hybridized carbons (Fsp3) is 0.417. The first kappa shape index (κ1) is 23.6. The van der Waals surface area contributed by atoms with E-state index in [0.29, 0.717) is 31.0 Å². The van der Waals surface area contributed by atoms with Gasteiger partial charge in [0.25, 0.3) is 0 Å². The maximum Gasteiger partial charge on any atom is 0.220 e. The minimum atomic E-state index is 0. The summed E-state index contributed by atoms with van der Waals surface area (Å²) in [6.07, 6.45) is 7.43. The second-order valence-electron chi connectivity index (χ2n) is 8.63. The van der Waals surface area contributed by atoms with Crippen LogP contribution in [-0.4, -0.2) is 27.5 Å². The highest BCUT2D eigenvalue weighted by molar-refractivity contribution is 5.85. The highest BCUT2D eigenvalue weighted by Crippen LogP contribution is 2.32. The van der Waals surface area contributed by atoms with Crippen LogP contribution < -0.4 is 10.6 Å². The van der Waals surface area contributed by atoms with Crippen molar-refractivity contribution in [2.45, 2.75) is 57.3 Å². The molecule has 2 unspecified atom stereocenters. The maximum atomic E-state index is 12.4. The lowest BCUT2D eigenvalue weighted by molar-refractivity contribution is -0.122. The number of carbonyl (C=O) groups is 1. The molecule has 5 rings (SSSR count). The summed E-state index contributed by atoms with van der Waals surface area (Å²) in [6.45, 7) is 1.40. The number of para-hydroxylation sites is 2. The Morgan fingerprint density at radius 2 is 1.68 bits per heavy atom. The van der Waals surface area contributed by atoms with E-state index in [0.717, 1.165) is 36.0 Å². The predicted octanol–water partition coefficient (Wildman–Crippen LogP) is 4.47. The third kappa shape index (κ3) is 5.59. The van der Waals surface area contributed by atoms with Gasteiger partial charge in [-0.3, -0.25) is 4.79 Å². The van der Waals surface area contributed by atoms with Crippen LogP contribution in [0.5, 0.6) is 0 Å². The number of nitrogens with one attached hydrogen (secondary N) is 2. The minimum absolute atomic E-state index is 0. The van der Waals surface area contributed by atoms with Crippen molar-refractivity contribution >= 4 is 41.8 Å². The summed E-state index contributed by atoms with van der Waals surface area (Å²) >= 11 is 0. The second-order valence-corrected chi connectivity index (χ2v) is 8.63. The van der Waals surface area contributed by atoms with Gasteiger partial charge in [0, 0.05) is 31.6 Å². The molecule has 1 aromatic heterocycles. The molecule has 2 aliphatic heterocycles. The summed E-state index contributed by atoms with van der Waals surface area (Å²) in [5, 5.41) is 6.76. The molecule has 166 valence electrons. The molecular weight excluding hydrogens is 431 g/mol. The molecule has 1 amide bonds. The lowest BCUT2D eigenvalue weighted by Gasteiger charge is -2.28. The van der Waals surface area contributed by atoms with Gasteiger partial charge in [-0.2, -0.15) is 0 Å². The Kier molecular flexibility index (Phi) is 7.98. The van der Waals surface area contributed by atoms with Crippen LogP contribution in [0.25, 0.3) is 11.0 Å². The van der Waals surface area contributed by atoms with E-state index in [1.54, 1.807) is 0 Å². The van der Waals surface area contributed by atoms with Gasteiger partial charge in [0.05, 0.1) is 17.4 Å². The average Bonchev–Trinajstić information content (AvgIpc) is 3.30. The standard InChI is InChI=1S/C24H28N4O.2ClH/c29-24(13-19-11-20-9-10-21(12-19)27-20)25-14-17-5-7-18(8-6-17)15-28-16-26-22-3-1-2-4-23(22)28;;/h1-8,16,19-21,27H,9-15H2,(H,25,29);2*1H. The number of aromatic nitrogens is 2. The van der Waals surface area contributed by atoms with Gasteiger partial charge in [-0.15, -0.1) is 24.8 Å². The Bertz CT molecular complexity index is 992. The minimum Gasteiger partial charge on any atom is -0.352 e. The number of fused-ring (bicyclic) bond motifs is 3. The van der Waals surface area contributed by atoms with Gasteiger partial charge in [0.2, 0.25) is 5.91 Å². The quantitative estimate of drug-likeness (QED) is 0.570. The Hall–Kier alpha value is -2.08. The molecule has 2 atom stereocenters. The molecule has 0 radical (unpaired) electrons. The van der Waals surface area contributed by atoms with Crippen molar-refractivity contribution in [3.8, 4) is 0 Å². The molecule has 0 aliphatic carbocycles. The van der Waals surface area contributed by atoms with Crippen molar-refractivity contribution in [1.29, 1.82) is 0 Å². The smallest absolute Gasteiger partial charge is 0.220 e. The Labute approximate surface area is 195 Å². The van der Waals surface area contributed by atoms with E-state index < -0.39 is 0 Å². The number of benzene rings is 2. The van der Waals surface area contributed by atoms with Crippen LogP contribution in [0.3, 0.4) is 0 Å². The molecule has 2 fully saturated rings. The zero-order valence-electron chi connectivity index (χ0n) is 17.5. The van der Waals surface area contributed by atoms with Crippen LogP contribution in [0.15, 0.2) is 54.9 Å². The molecule has 2 N–H and O–H groups in total. The van der Waals surface area contributed by atoms with E-state index in [4.69, 9.17) is 0 Å². The largest absolute Gasteiger partial charge is 0.352 e. The van der Waals surface area contributed by atoms with E-state index in [1.165, 1.54) is 18.4 Å². The van der Waals surface area contributed by atoms with Crippen molar-refractivity contribution in [3.63, 3.8) is 0 Å². The van der Waals surface area contributed by atoms with Crippen LogP contribution in [0.1, 0.15) is 43.2 Å². The summed E-state index contributed by atoms with van der Waals surface area (Å²) < 4.78 is 2.16. The summed E-state index contributed by atoms with van der Waals surface area (Å²) in [5.74, 6) is 0.728. The number of hydrogen-bond donors (Lipinski definition) is 2. The number of hydrogen-bond acceptors (Lipinski definition) is 3. The zero-order valence-corrected chi connectivity index (χ0v) is 19.1. The van der Waals surface area contributed by atoms with Crippen LogP contribution in [0, 0.1) is 5.92 Å². The second kappa shape index (κ2) is 10.5. The van der Waals surface area contributed by atoms with E-state index in [1.807, 2.05) is 24.5 Å². The molecule has 3 aromatic rings. The van der Waals surface area contributed by atoms with Crippen molar-refractivity contribution in [2.24, 2.45) is 5.92 Å². The van der Waals surface area contributed by atoms with Crippen LogP contribution in [0.4, 0.5) is 0 Å². The zero-order chi connectivity index (χ0) is 19.6. The molecule has 0 saturated carbocycles. The first-order valence-corrected chi connectivity index (χ1v) is 10.7. The number of imidazole rings is 1. The van der Waals surface area contributed by atoms with Gasteiger partial charge in [-0.25, -0.2) is 4.98 Å². The van der Waals surface area contributed by atoms with Gasteiger partial charge in [-0.05, 0) is 54.9 Å². The number of piperidine rings is 1.